The third-order valence-electron chi connectivity index (χ3n) is 2.27. The van der Waals surface area contributed by atoms with Crippen LogP contribution in [0.2, 0.25) is 10.0 Å². The molecule has 4 N–H and O–H groups in total. The Morgan fingerprint density at radius 1 is 1.28 bits per heavy atom. The quantitative estimate of drug-likeness (QED) is 0.693. The SMILES string of the molecule is C[C@@H](O)C[NH2+]C[C@@H](O)COc1cc(Cl)ccc1Cl. The largest absolute Gasteiger partial charge is 0.489 e. The van der Waals surface area contributed by atoms with Crippen LogP contribution in [-0.4, -0.2) is 42.1 Å². The lowest BCUT2D eigenvalue weighted by Gasteiger charge is -2.13. The van der Waals surface area contributed by atoms with Gasteiger partial charge in [-0.1, -0.05) is 23.2 Å². The topological polar surface area (TPSA) is 66.3 Å². The maximum Gasteiger partial charge on any atom is 0.139 e. The van der Waals surface area contributed by atoms with Crippen LogP contribution in [0.5, 0.6) is 5.75 Å². The standard InChI is InChI=1S/C12H17Cl2NO3/c1-8(16)5-15-6-10(17)7-18-12-4-9(13)2-3-11(12)14/h2-4,8,10,15-17H,5-7H2,1H3/p+1/t8-,10-/m1/s1. The fraction of sp³-hybridized carbons (Fsp3) is 0.500. The van der Waals surface area contributed by atoms with Crippen molar-refractivity contribution in [1.82, 2.24) is 0 Å². The van der Waals surface area contributed by atoms with Gasteiger partial charge in [-0.2, -0.15) is 0 Å². The van der Waals surface area contributed by atoms with E-state index in [4.69, 9.17) is 33.0 Å². The molecule has 0 spiro atoms. The molecule has 0 amide bonds. The first-order valence-corrected chi connectivity index (χ1v) is 6.50. The zero-order valence-corrected chi connectivity index (χ0v) is 11.7. The van der Waals surface area contributed by atoms with Gasteiger partial charge in [0.05, 0.1) is 11.1 Å². The van der Waals surface area contributed by atoms with Gasteiger partial charge in [0, 0.05) is 11.1 Å². The van der Waals surface area contributed by atoms with Crippen LogP contribution in [0, 0.1) is 0 Å². The zero-order chi connectivity index (χ0) is 13.5. The van der Waals surface area contributed by atoms with Gasteiger partial charge in [-0.3, -0.25) is 0 Å². The van der Waals surface area contributed by atoms with E-state index in [0.717, 1.165) is 0 Å². The van der Waals surface area contributed by atoms with E-state index in [1.54, 1.807) is 25.1 Å². The predicted octanol–water partition coefficient (Wildman–Crippen LogP) is 0.677. The Balaban J connectivity index is 2.33. The van der Waals surface area contributed by atoms with Crippen molar-refractivity contribution >= 4 is 23.2 Å². The molecule has 4 nitrogen and oxygen atoms in total. The summed E-state index contributed by atoms with van der Waals surface area (Å²) in [6.07, 6.45) is -1.01. The Morgan fingerprint density at radius 2 is 2.00 bits per heavy atom. The number of hydrogen-bond donors (Lipinski definition) is 3. The van der Waals surface area contributed by atoms with Gasteiger partial charge in [0.15, 0.2) is 0 Å². The summed E-state index contributed by atoms with van der Waals surface area (Å²) in [5.74, 6) is 0.457. The summed E-state index contributed by atoms with van der Waals surface area (Å²) in [7, 11) is 0. The van der Waals surface area contributed by atoms with Crippen LogP contribution < -0.4 is 10.1 Å². The molecule has 0 saturated heterocycles. The van der Waals surface area contributed by atoms with Crippen LogP contribution in [0.3, 0.4) is 0 Å². The van der Waals surface area contributed by atoms with Gasteiger partial charge in [-0.05, 0) is 19.1 Å². The Labute approximate surface area is 116 Å². The highest BCUT2D eigenvalue weighted by molar-refractivity contribution is 6.34. The lowest BCUT2D eigenvalue weighted by Crippen LogP contribution is -2.88. The van der Waals surface area contributed by atoms with Crippen molar-refractivity contribution in [3.05, 3.63) is 28.2 Å². The molecule has 102 valence electrons. The molecular formula is C12H18Cl2NO3+. The van der Waals surface area contributed by atoms with Crippen LogP contribution >= 0.6 is 23.2 Å². The van der Waals surface area contributed by atoms with Crippen molar-refractivity contribution in [2.45, 2.75) is 19.1 Å². The highest BCUT2D eigenvalue weighted by atomic mass is 35.5. The lowest BCUT2D eigenvalue weighted by atomic mass is 10.3. The highest BCUT2D eigenvalue weighted by Gasteiger charge is 2.10. The summed E-state index contributed by atoms with van der Waals surface area (Å²) >= 11 is 11.7. The molecule has 1 aromatic rings. The molecule has 0 fully saturated rings. The van der Waals surface area contributed by atoms with Crippen molar-refractivity contribution in [2.75, 3.05) is 19.7 Å². The van der Waals surface area contributed by atoms with Gasteiger partial charge in [0.1, 0.15) is 31.5 Å². The van der Waals surface area contributed by atoms with E-state index in [1.165, 1.54) is 0 Å². The van der Waals surface area contributed by atoms with Crippen LogP contribution in [-0.2, 0) is 0 Å². The lowest BCUT2D eigenvalue weighted by molar-refractivity contribution is -0.666. The van der Waals surface area contributed by atoms with Gasteiger partial charge in [-0.25, -0.2) is 0 Å². The van der Waals surface area contributed by atoms with Crippen LogP contribution in [0.25, 0.3) is 0 Å². The van der Waals surface area contributed by atoms with Crippen LogP contribution in [0.1, 0.15) is 6.92 Å². The third-order valence-corrected chi connectivity index (χ3v) is 2.82. The Hall–Kier alpha value is -0.520. The van der Waals surface area contributed by atoms with E-state index in [9.17, 15) is 5.11 Å². The first-order chi connectivity index (χ1) is 8.49. The summed E-state index contributed by atoms with van der Waals surface area (Å²) in [4.78, 5) is 0. The molecule has 0 unspecified atom stereocenters. The van der Waals surface area contributed by atoms with Crippen molar-refractivity contribution in [2.24, 2.45) is 0 Å². The Kier molecular flexibility index (Phi) is 6.75. The molecule has 0 aliphatic rings. The number of benzene rings is 1. The molecule has 1 rings (SSSR count). The number of hydrogen-bond acceptors (Lipinski definition) is 3. The van der Waals surface area contributed by atoms with Gasteiger partial charge in [-0.15, -0.1) is 0 Å². The number of rotatable bonds is 7. The van der Waals surface area contributed by atoms with Gasteiger partial charge < -0.3 is 20.3 Å². The maximum atomic E-state index is 9.67. The Bertz CT molecular complexity index is 374. The predicted molar refractivity (Wildman–Crippen MR) is 71.3 cm³/mol. The van der Waals surface area contributed by atoms with Crippen LogP contribution in [0.4, 0.5) is 0 Å². The number of halogens is 2. The first kappa shape index (κ1) is 15.5. The van der Waals surface area contributed by atoms with Crippen molar-refractivity contribution in [3.8, 4) is 5.75 Å². The molecule has 0 aromatic heterocycles. The second-order valence-electron chi connectivity index (χ2n) is 4.15. The maximum absolute atomic E-state index is 9.67. The number of quaternary nitrogens is 1. The summed E-state index contributed by atoms with van der Waals surface area (Å²) < 4.78 is 5.39. The molecule has 1 aromatic carbocycles. The van der Waals surface area contributed by atoms with Crippen molar-refractivity contribution < 1.29 is 20.3 Å². The summed E-state index contributed by atoms with van der Waals surface area (Å²) in [6, 6.07) is 4.92. The molecule has 0 aliphatic carbocycles. The Morgan fingerprint density at radius 3 is 2.67 bits per heavy atom. The van der Waals surface area contributed by atoms with Crippen LogP contribution in [0.15, 0.2) is 18.2 Å². The highest BCUT2D eigenvalue weighted by Crippen LogP contribution is 2.27. The van der Waals surface area contributed by atoms with E-state index in [0.29, 0.717) is 28.9 Å². The first-order valence-electron chi connectivity index (χ1n) is 5.74. The monoisotopic (exact) mass is 294 g/mol. The van der Waals surface area contributed by atoms with Gasteiger partial charge in [0.25, 0.3) is 0 Å². The third kappa shape index (κ3) is 5.89. The minimum Gasteiger partial charge on any atom is -0.489 e. The minimum absolute atomic E-state index is 0.135. The smallest absolute Gasteiger partial charge is 0.139 e. The van der Waals surface area contributed by atoms with Crippen molar-refractivity contribution in [1.29, 1.82) is 0 Å². The molecule has 2 atom stereocenters. The second-order valence-corrected chi connectivity index (χ2v) is 4.99. The summed E-state index contributed by atoms with van der Waals surface area (Å²) in [6.45, 7) is 2.85. The summed E-state index contributed by atoms with van der Waals surface area (Å²) in [5, 5.41) is 21.6. The van der Waals surface area contributed by atoms with E-state index >= 15 is 0 Å². The number of nitrogens with two attached hydrogens (primary N) is 1. The molecule has 0 radical (unpaired) electrons. The molecule has 0 heterocycles. The minimum atomic E-state index is -0.626. The average Bonchev–Trinajstić information content (AvgIpc) is 2.30. The molecule has 0 saturated carbocycles. The van der Waals surface area contributed by atoms with E-state index < -0.39 is 6.10 Å². The van der Waals surface area contributed by atoms with E-state index in [2.05, 4.69) is 0 Å². The molecule has 0 aliphatic heterocycles. The molecule has 0 bridgehead atoms. The van der Waals surface area contributed by atoms with E-state index in [-0.39, 0.29) is 12.7 Å². The average molecular weight is 295 g/mol. The number of ether oxygens (including phenoxy) is 1. The van der Waals surface area contributed by atoms with Gasteiger partial charge >= 0.3 is 0 Å². The normalized spacial score (nSPS) is 14.3. The zero-order valence-electron chi connectivity index (χ0n) is 10.1. The van der Waals surface area contributed by atoms with Gasteiger partial charge in [0.2, 0.25) is 0 Å². The number of aliphatic hydroxyl groups is 2. The van der Waals surface area contributed by atoms with Crippen molar-refractivity contribution in [3.63, 3.8) is 0 Å². The molecule has 6 heteroatoms. The number of aliphatic hydroxyl groups excluding tert-OH is 2. The second kappa shape index (κ2) is 7.81. The molecule has 18 heavy (non-hydrogen) atoms. The fourth-order valence-corrected chi connectivity index (χ4v) is 1.71. The summed E-state index contributed by atoms with van der Waals surface area (Å²) in [5.41, 5.74) is 0. The molecular weight excluding hydrogens is 277 g/mol. The van der Waals surface area contributed by atoms with E-state index in [1.807, 2.05) is 5.32 Å². The fourth-order valence-electron chi connectivity index (χ4n) is 1.37.